The van der Waals surface area contributed by atoms with Crippen molar-refractivity contribution < 1.29 is 4.52 Å². The van der Waals surface area contributed by atoms with E-state index in [1.165, 1.54) is 11.1 Å². The van der Waals surface area contributed by atoms with Crippen molar-refractivity contribution >= 4 is 0 Å². The van der Waals surface area contributed by atoms with Gasteiger partial charge in [-0.25, -0.2) is 0 Å². The summed E-state index contributed by atoms with van der Waals surface area (Å²) >= 11 is 0. The van der Waals surface area contributed by atoms with Crippen LogP contribution in [0.4, 0.5) is 0 Å². The topological polar surface area (TPSA) is 45.4 Å². The summed E-state index contributed by atoms with van der Waals surface area (Å²) in [7, 11) is 0. The summed E-state index contributed by atoms with van der Waals surface area (Å²) in [4.78, 5) is 9.63. The smallest absolute Gasteiger partial charge is 0.244 e. The zero-order valence-corrected chi connectivity index (χ0v) is 16.7. The van der Waals surface area contributed by atoms with E-state index in [1.54, 1.807) is 0 Å². The molecule has 3 aromatic rings. The Morgan fingerprint density at radius 2 is 1.68 bits per heavy atom. The predicted molar refractivity (Wildman–Crippen MR) is 111 cm³/mol. The van der Waals surface area contributed by atoms with Crippen LogP contribution in [0.3, 0.4) is 0 Å². The predicted octanol–water partition coefficient (Wildman–Crippen LogP) is 3.97. The number of rotatable bonds is 6. The molecule has 28 heavy (non-hydrogen) atoms. The second-order valence-electron chi connectivity index (χ2n) is 7.61. The summed E-state index contributed by atoms with van der Waals surface area (Å²) in [6.07, 6.45) is 1.11. The number of aryl methyl sites for hydroxylation is 1. The number of benzene rings is 2. The first-order valence-electron chi connectivity index (χ1n) is 10.1. The third-order valence-corrected chi connectivity index (χ3v) is 5.62. The Balaban J connectivity index is 1.30. The summed E-state index contributed by atoms with van der Waals surface area (Å²) in [5, 5.41) is 4.19. The average molecular weight is 377 g/mol. The molecule has 1 aliphatic heterocycles. The monoisotopic (exact) mass is 376 g/mol. The van der Waals surface area contributed by atoms with Gasteiger partial charge in [0.15, 0.2) is 0 Å². The van der Waals surface area contributed by atoms with Gasteiger partial charge in [0.2, 0.25) is 11.7 Å². The first-order valence-corrected chi connectivity index (χ1v) is 10.1. The molecule has 1 unspecified atom stereocenters. The summed E-state index contributed by atoms with van der Waals surface area (Å²) in [6.45, 7) is 9.56. The molecule has 0 bridgehead atoms. The Hall–Kier alpha value is -2.50. The van der Waals surface area contributed by atoms with Crippen LogP contribution in [0.15, 0.2) is 59.1 Å². The van der Waals surface area contributed by atoms with Crippen molar-refractivity contribution in [3.8, 4) is 11.4 Å². The maximum atomic E-state index is 5.58. The molecular weight excluding hydrogens is 348 g/mol. The second-order valence-corrected chi connectivity index (χ2v) is 7.61. The Labute approximate surface area is 167 Å². The number of hydrogen-bond donors (Lipinski definition) is 0. The van der Waals surface area contributed by atoms with E-state index in [9.17, 15) is 0 Å². The van der Waals surface area contributed by atoms with Crippen molar-refractivity contribution in [2.75, 3.05) is 32.7 Å². The highest BCUT2D eigenvalue weighted by Crippen LogP contribution is 2.23. The van der Waals surface area contributed by atoms with Crippen molar-refractivity contribution in [3.05, 3.63) is 71.6 Å². The SMILES string of the molecule is Cc1ccc(-c2noc(C(C)N3CCN(CCc4ccccc4)CC3)n2)cc1. The number of hydrogen-bond acceptors (Lipinski definition) is 5. The molecule has 5 nitrogen and oxygen atoms in total. The molecule has 5 heteroatoms. The zero-order valence-electron chi connectivity index (χ0n) is 16.7. The van der Waals surface area contributed by atoms with Crippen LogP contribution in [0.25, 0.3) is 11.4 Å². The Morgan fingerprint density at radius 3 is 2.39 bits per heavy atom. The molecule has 0 spiro atoms. The first-order chi connectivity index (χ1) is 13.7. The largest absolute Gasteiger partial charge is 0.337 e. The van der Waals surface area contributed by atoms with Crippen molar-refractivity contribution in [2.24, 2.45) is 0 Å². The van der Waals surface area contributed by atoms with Crippen LogP contribution in [-0.4, -0.2) is 52.7 Å². The van der Waals surface area contributed by atoms with E-state index in [-0.39, 0.29) is 6.04 Å². The molecule has 0 amide bonds. The lowest BCUT2D eigenvalue weighted by Crippen LogP contribution is -2.47. The highest BCUT2D eigenvalue weighted by Gasteiger charge is 2.25. The van der Waals surface area contributed by atoms with Crippen LogP contribution in [0.5, 0.6) is 0 Å². The lowest BCUT2D eigenvalue weighted by Gasteiger charge is -2.36. The van der Waals surface area contributed by atoms with Gasteiger partial charge in [0, 0.05) is 38.3 Å². The van der Waals surface area contributed by atoms with Gasteiger partial charge in [-0.3, -0.25) is 4.90 Å². The molecule has 0 aliphatic carbocycles. The zero-order chi connectivity index (χ0) is 19.3. The van der Waals surface area contributed by atoms with Crippen molar-refractivity contribution in [3.63, 3.8) is 0 Å². The number of aromatic nitrogens is 2. The standard InChI is InChI=1S/C23H28N4O/c1-18-8-10-21(11-9-18)22-24-23(28-25-22)19(2)27-16-14-26(15-17-27)13-12-20-6-4-3-5-7-20/h3-11,19H,12-17H2,1-2H3. The molecule has 146 valence electrons. The van der Waals surface area contributed by atoms with Crippen LogP contribution >= 0.6 is 0 Å². The molecule has 4 rings (SSSR count). The van der Waals surface area contributed by atoms with Crippen LogP contribution in [0.2, 0.25) is 0 Å². The van der Waals surface area contributed by atoms with Crippen LogP contribution in [0, 0.1) is 6.92 Å². The van der Waals surface area contributed by atoms with Crippen molar-refractivity contribution in [1.82, 2.24) is 19.9 Å². The van der Waals surface area contributed by atoms with Crippen LogP contribution in [0.1, 0.15) is 30.0 Å². The molecule has 1 atom stereocenters. The van der Waals surface area contributed by atoms with Gasteiger partial charge in [-0.05, 0) is 25.8 Å². The minimum absolute atomic E-state index is 0.142. The number of piperazine rings is 1. The van der Waals surface area contributed by atoms with Gasteiger partial charge in [0.05, 0.1) is 6.04 Å². The fourth-order valence-electron chi connectivity index (χ4n) is 3.69. The lowest BCUT2D eigenvalue weighted by molar-refractivity contribution is 0.0890. The van der Waals surface area contributed by atoms with Gasteiger partial charge in [-0.2, -0.15) is 4.98 Å². The molecule has 0 saturated carbocycles. The normalized spacial score (nSPS) is 16.9. The summed E-state index contributed by atoms with van der Waals surface area (Å²) in [5.74, 6) is 1.37. The molecule has 2 aromatic carbocycles. The summed E-state index contributed by atoms with van der Waals surface area (Å²) in [6, 6.07) is 19.1. The van der Waals surface area contributed by atoms with Crippen LogP contribution in [-0.2, 0) is 6.42 Å². The van der Waals surface area contributed by atoms with Gasteiger partial charge in [0.25, 0.3) is 0 Å². The molecule has 0 radical (unpaired) electrons. The van der Waals surface area contributed by atoms with E-state index in [4.69, 9.17) is 4.52 Å². The third-order valence-electron chi connectivity index (χ3n) is 5.62. The molecule has 1 saturated heterocycles. The second kappa shape index (κ2) is 8.67. The maximum Gasteiger partial charge on any atom is 0.244 e. The van der Waals surface area contributed by atoms with Crippen LogP contribution < -0.4 is 0 Å². The third kappa shape index (κ3) is 4.49. The Morgan fingerprint density at radius 1 is 0.964 bits per heavy atom. The lowest BCUT2D eigenvalue weighted by atomic mass is 10.1. The molecule has 2 heterocycles. The minimum Gasteiger partial charge on any atom is -0.337 e. The number of nitrogens with zero attached hydrogens (tertiary/aromatic N) is 4. The fourth-order valence-corrected chi connectivity index (χ4v) is 3.69. The van der Waals surface area contributed by atoms with E-state index in [1.807, 2.05) is 12.1 Å². The molecule has 1 aromatic heterocycles. The molecule has 1 fully saturated rings. The van der Waals surface area contributed by atoms with E-state index in [0.29, 0.717) is 11.7 Å². The van der Waals surface area contributed by atoms with Gasteiger partial charge in [-0.15, -0.1) is 0 Å². The highest BCUT2D eigenvalue weighted by molar-refractivity contribution is 5.54. The Kier molecular flexibility index (Phi) is 5.84. The van der Waals surface area contributed by atoms with E-state index >= 15 is 0 Å². The van der Waals surface area contributed by atoms with Crippen molar-refractivity contribution in [2.45, 2.75) is 26.3 Å². The molecule has 0 N–H and O–H groups in total. The quantitative estimate of drug-likeness (QED) is 0.651. The summed E-state index contributed by atoms with van der Waals surface area (Å²) in [5.41, 5.74) is 3.64. The van der Waals surface area contributed by atoms with Crippen molar-refractivity contribution in [1.29, 1.82) is 0 Å². The van der Waals surface area contributed by atoms with Gasteiger partial charge >= 0.3 is 0 Å². The average Bonchev–Trinajstić information content (AvgIpc) is 3.24. The van der Waals surface area contributed by atoms with E-state index in [2.05, 4.69) is 76.3 Å². The van der Waals surface area contributed by atoms with E-state index in [0.717, 1.165) is 44.7 Å². The fraction of sp³-hybridized carbons (Fsp3) is 0.391. The Bertz CT molecular complexity index is 867. The first kappa shape index (κ1) is 18.8. The highest BCUT2D eigenvalue weighted by atomic mass is 16.5. The molecule has 1 aliphatic rings. The molecular formula is C23H28N4O. The summed E-state index contributed by atoms with van der Waals surface area (Å²) < 4.78 is 5.58. The minimum atomic E-state index is 0.142. The van der Waals surface area contributed by atoms with Gasteiger partial charge < -0.3 is 9.42 Å². The van der Waals surface area contributed by atoms with Gasteiger partial charge in [-0.1, -0.05) is 65.3 Å². The van der Waals surface area contributed by atoms with E-state index < -0.39 is 0 Å². The van der Waals surface area contributed by atoms with Gasteiger partial charge in [0.1, 0.15) is 0 Å². The maximum absolute atomic E-state index is 5.58.